The van der Waals surface area contributed by atoms with Crippen molar-refractivity contribution in [2.75, 3.05) is 0 Å². The molecule has 1 saturated carbocycles. The van der Waals surface area contributed by atoms with Gasteiger partial charge in [-0.05, 0) is 18.9 Å². The number of primary amides is 1. The third-order valence-electron chi connectivity index (χ3n) is 3.19. The monoisotopic (exact) mass is 252 g/mol. The normalized spacial score (nSPS) is 16.6. The maximum Gasteiger partial charge on any atom is 0.229 e. The molecule has 1 aliphatic rings. The first kappa shape index (κ1) is 12.0. The molecule has 1 heterocycles. The highest BCUT2D eigenvalue weighted by molar-refractivity contribution is 6.34. The summed E-state index contributed by atoms with van der Waals surface area (Å²) in [6.45, 7) is 1.76. The Morgan fingerprint density at radius 2 is 2.18 bits per heavy atom. The van der Waals surface area contributed by atoms with Gasteiger partial charge in [0, 0.05) is 12.6 Å². The second-order valence-corrected chi connectivity index (χ2v) is 4.68. The molecule has 0 bridgehead atoms. The van der Waals surface area contributed by atoms with Gasteiger partial charge in [0.2, 0.25) is 5.91 Å². The van der Waals surface area contributed by atoms with Crippen LogP contribution in [0.5, 0.6) is 0 Å². The number of halogens is 1. The van der Waals surface area contributed by atoms with Gasteiger partial charge >= 0.3 is 0 Å². The van der Waals surface area contributed by atoms with Crippen LogP contribution in [0.2, 0.25) is 5.02 Å². The molecule has 2 N–H and O–H groups in total. The van der Waals surface area contributed by atoms with E-state index in [0.717, 1.165) is 0 Å². The number of amides is 1. The smallest absolute Gasteiger partial charge is 0.229 e. The molecule has 0 saturated heterocycles. The van der Waals surface area contributed by atoms with Gasteiger partial charge in [0.1, 0.15) is 0 Å². The summed E-state index contributed by atoms with van der Waals surface area (Å²) in [7, 11) is 0. The number of carbonyl (C=O) groups excluding carboxylic acids is 2. The lowest BCUT2D eigenvalue weighted by Gasteiger charge is -2.11. The van der Waals surface area contributed by atoms with Crippen LogP contribution in [-0.4, -0.2) is 16.7 Å². The van der Waals surface area contributed by atoms with Crippen molar-refractivity contribution in [3.8, 4) is 0 Å². The number of nitrogens with zero attached hydrogens (tertiary/aromatic N) is 1. The number of aromatic nitrogens is 1. The number of hydrogen-bond donors (Lipinski definition) is 1. The Morgan fingerprint density at radius 1 is 1.53 bits per heavy atom. The zero-order valence-corrected chi connectivity index (χ0v) is 10.3. The number of pyridine rings is 1. The minimum absolute atomic E-state index is 0.0574. The quantitative estimate of drug-likeness (QED) is 0.831. The minimum Gasteiger partial charge on any atom is -0.369 e. The van der Waals surface area contributed by atoms with E-state index in [9.17, 15) is 9.59 Å². The highest BCUT2D eigenvalue weighted by Gasteiger charge is 2.51. The van der Waals surface area contributed by atoms with Crippen molar-refractivity contribution in [3.63, 3.8) is 0 Å². The van der Waals surface area contributed by atoms with E-state index in [1.165, 1.54) is 6.20 Å². The first-order valence-corrected chi connectivity index (χ1v) is 5.88. The molecule has 1 aromatic rings. The van der Waals surface area contributed by atoms with Crippen LogP contribution in [0.3, 0.4) is 0 Å². The minimum atomic E-state index is -0.655. The van der Waals surface area contributed by atoms with Gasteiger partial charge in [-0.15, -0.1) is 0 Å². The van der Waals surface area contributed by atoms with Gasteiger partial charge < -0.3 is 5.73 Å². The molecular formula is C12H13ClN2O2. The van der Waals surface area contributed by atoms with E-state index in [2.05, 4.69) is 4.98 Å². The lowest BCUT2D eigenvalue weighted by atomic mass is 10.00. The SMILES string of the molecule is CCC(=O)c1cnc(C2(C(N)=O)CC2)cc1Cl. The maximum atomic E-state index is 11.5. The topological polar surface area (TPSA) is 73.1 Å². The fourth-order valence-electron chi connectivity index (χ4n) is 1.84. The predicted molar refractivity (Wildman–Crippen MR) is 64.0 cm³/mol. The number of nitrogens with two attached hydrogens (primary N) is 1. The molecule has 0 atom stereocenters. The molecule has 1 aromatic heterocycles. The van der Waals surface area contributed by atoms with Crippen molar-refractivity contribution in [2.24, 2.45) is 5.73 Å². The van der Waals surface area contributed by atoms with E-state index in [0.29, 0.717) is 35.5 Å². The van der Waals surface area contributed by atoms with E-state index in [1.807, 2.05) is 0 Å². The molecule has 17 heavy (non-hydrogen) atoms. The fraction of sp³-hybridized carbons (Fsp3) is 0.417. The lowest BCUT2D eigenvalue weighted by Crippen LogP contribution is -2.29. The fourth-order valence-corrected chi connectivity index (χ4v) is 2.10. The molecule has 0 unspecified atom stereocenters. The number of Topliss-reactive ketones (excluding diaryl/α,β-unsaturated/α-hetero) is 1. The first-order chi connectivity index (χ1) is 8.01. The zero-order valence-electron chi connectivity index (χ0n) is 9.50. The van der Waals surface area contributed by atoms with Crippen LogP contribution in [-0.2, 0) is 10.2 Å². The highest BCUT2D eigenvalue weighted by Crippen LogP contribution is 2.47. The number of rotatable bonds is 4. The average molecular weight is 253 g/mol. The van der Waals surface area contributed by atoms with Gasteiger partial charge in [-0.1, -0.05) is 18.5 Å². The molecule has 1 amide bonds. The summed E-state index contributed by atoms with van der Waals surface area (Å²) in [4.78, 5) is 27.0. The van der Waals surface area contributed by atoms with E-state index < -0.39 is 5.41 Å². The van der Waals surface area contributed by atoms with Crippen LogP contribution in [0, 0.1) is 0 Å². The Labute approximate surface area is 104 Å². The van der Waals surface area contributed by atoms with Gasteiger partial charge in [-0.2, -0.15) is 0 Å². The van der Waals surface area contributed by atoms with Crippen LogP contribution in [0.25, 0.3) is 0 Å². The Hall–Kier alpha value is -1.42. The van der Waals surface area contributed by atoms with Crippen LogP contribution >= 0.6 is 11.6 Å². The molecule has 0 aromatic carbocycles. The van der Waals surface area contributed by atoms with Crippen LogP contribution < -0.4 is 5.73 Å². The van der Waals surface area contributed by atoms with Crippen LogP contribution in [0.1, 0.15) is 42.2 Å². The predicted octanol–water partition coefficient (Wildman–Crippen LogP) is 1.84. The molecule has 5 heteroatoms. The number of hydrogen-bond acceptors (Lipinski definition) is 3. The number of carbonyl (C=O) groups is 2. The van der Waals surface area contributed by atoms with E-state index in [1.54, 1.807) is 13.0 Å². The third kappa shape index (κ3) is 1.93. The van der Waals surface area contributed by atoms with Crippen molar-refractivity contribution in [2.45, 2.75) is 31.6 Å². The average Bonchev–Trinajstić information content (AvgIpc) is 3.09. The van der Waals surface area contributed by atoms with Crippen LogP contribution in [0.4, 0.5) is 0 Å². The summed E-state index contributed by atoms with van der Waals surface area (Å²) in [5.74, 6) is -0.436. The largest absolute Gasteiger partial charge is 0.369 e. The Kier molecular flexibility index (Phi) is 2.91. The summed E-state index contributed by atoms with van der Waals surface area (Å²) < 4.78 is 0. The molecule has 1 fully saturated rings. The van der Waals surface area contributed by atoms with E-state index in [4.69, 9.17) is 17.3 Å². The van der Waals surface area contributed by atoms with Crippen molar-refractivity contribution in [1.29, 1.82) is 0 Å². The lowest BCUT2D eigenvalue weighted by molar-refractivity contribution is -0.120. The summed E-state index contributed by atoms with van der Waals surface area (Å²) in [6, 6.07) is 1.59. The molecule has 90 valence electrons. The zero-order chi connectivity index (χ0) is 12.6. The van der Waals surface area contributed by atoms with Crippen molar-refractivity contribution in [3.05, 3.63) is 28.5 Å². The Bertz CT molecular complexity index is 495. The summed E-state index contributed by atoms with van der Waals surface area (Å²) in [5.41, 5.74) is 5.67. The van der Waals surface area contributed by atoms with Gasteiger partial charge in [0.25, 0.3) is 0 Å². The molecule has 4 nitrogen and oxygen atoms in total. The van der Waals surface area contributed by atoms with E-state index >= 15 is 0 Å². The maximum absolute atomic E-state index is 11.5. The molecular weight excluding hydrogens is 240 g/mol. The molecule has 0 aliphatic heterocycles. The van der Waals surface area contributed by atoms with Crippen molar-refractivity contribution < 1.29 is 9.59 Å². The second-order valence-electron chi connectivity index (χ2n) is 4.27. The highest BCUT2D eigenvalue weighted by atomic mass is 35.5. The number of ketones is 1. The van der Waals surface area contributed by atoms with Crippen molar-refractivity contribution >= 4 is 23.3 Å². The van der Waals surface area contributed by atoms with Gasteiger partial charge in [0.05, 0.1) is 21.7 Å². The summed E-state index contributed by atoms with van der Waals surface area (Å²) >= 11 is 6.03. The standard InChI is InChI=1S/C12H13ClN2O2/c1-2-9(16)7-6-15-10(5-8(7)13)12(3-4-12)11(14)17/h5-6H,2-4H2,1H3,(H2,14,17). The molecule has 0 spiro atoms. The molecule has 0 radical (unpaired) electrons. The van der Waals surface area contributed by atoms with E-state index in [-0.39, 0.29) is 11.7 Å². The summed E-state index contributed by atoms with van der Waals surface area (Å²) in [5, 5.41) is 0.342. The molecule has 2 rings (SSSR count). The van der Waals surface area contributed by atoms with Gasteiger partial charge in [-0.3, -0.25) is 14.6 Å². The third-order valence-corrected chi connectivity index (χ3v) is 3.50. The Morgan fingerprint density at radius 3 is 2.59 bits per heavy atom. The van der Waals surface area contributed by atoms with Crippen LogP contribution in [0.15, 0.2) is 12.3 Å². The Balaban J connectivity index is 2.38. The van der Waals surface area contributed by atoms with Crippen molar-refractivity contribution in [1.82, 2.24) is 4.98 Å². The van der Waals surface area contributed by atoms with Gasteiger partial charge in [-0.25, -0.2) is 0 Å². The van der Waals surface area contributed by atoms with Gasteiger partial charge in [0.15, 0.2) is 5.78 Å². The second kappa shape index (κ2) is 4.11. The molecule has 1 aliphatic carbocycles. The first-order valence-electron chi connectivity index (χ1n) is 5.50. The summed E-state index contributed by atoms with van der Waals surface area (Å²) in [6.07, 6.45) is 3.22.